The Bertz CT molecular complexity index is 811. The molecule has 1 amide bonds. The Morgan fingerprint density at radius 1 is 1.17 bits per heavy atom. The summed E-state index contributed by atoms with van der Waals surface area (Å²) in [5, 5.41) is 10.4. The van der Waals surface area contributed by atoms with Crippen molar-refractivity contribution in [3.05, 3.63) is 62.6 Å². The second-order valence-corrected chi connectivity index (χ2v) is 6.62. The van der Waals surface area contributed by atoms with Gasteiger partial charge in [-0.3, -0.25) is 10.1 Å². The zero-order valence-corrected chi connectivity index (χ0v) is 13.9. The monoisotopic (exact) mass is 347 g/mol. The number of carbonyl (C=O) groups excluding carboxylic acids is 1. The second kappa shape index (κ2) is 6.93. The summed E-state index contributed by atoms with van der Waals surface area (Å²) in [7, 11) is 0. The van der Waals surface area contributed by atoms with Crippen LogP contribution in [0.15, 0.2) is 40.8 Å². The Balaban J connectivity index is 1.64. The van der Waals surface area contributed by atoms with E-state index in [0.29, 0.717) is 21.5 Å². The van der Waals surface area contributed by atoms with Crippen LogP contribution in [0.4, 0.5) is 6.01 Å². The van der Waals surface area contributed by atoms with Gasteiger partial charge in [0.2, 0.25) is 5.89 Å². The molecule has 0 fully saturated rings. The summed E-state index contributed by atoms with van der Waals surface area (Å²) < 4.78 is 6.01. The number of benzene rings is 1. The van der Waals surface area contributed by atoms with Crippen molar-refractivity contribution in [1.29, 1.82) is 0 Å². The van der Waals surface area contributed by atoms with Gasteiger partial charge in [0.25, 0.3) is 5.91 Å². The molecule has 1 aromatic carbocycles. The molecule has 0 spiro atoms. The number of amides is 1. The van der Waals surface area contributed by atoms with E-state index in [-0.39, 0.29) is 11.9 Å². The number of aryl methyl sites for hydroxylation is 1. The number of nitrogens with one attached hydrogen (secondary N) is 1. The third-order valence-electron chi connectivity index (χ3n) is 3.27. The lowest BCUT2D eigenvalue weighted by Crippen LogP contribution is -2.10. The van der Waals surface area contributed by atoms with Crippen LogP contribution in [-0.4, -0.2) is 16.1 Å². The molecule has 23 heavy (non-hydrogen) atoms. The minimum absolute atomic E-state index is 0.0831. The van der Waals surface area contributed by atoms with Crippen molar-refractivity contribution in [1.82, 2.24) is 10.2 Å². The van der Waals surface area contributed by atoms with Gasteiger partial charge in [-0.15, -0.1) is 16.4 Å². The maximum Gasteiger partial charge on any atom is 0.322 e. The van der Waals surface area contributed by atoms with E-state index >= 15 is 0 Å². The van der Waals surface area contributed by atoms with Crippen molar-refractivity contribution in [3.63, 3.8) is 0 Å². The highest BCUT2D eigenvalue weighted by Gasteiger charge is 2.13. The first-order valence-electron chi connectivity index (χ1n) is 7.11. The molecule has 2 heterocycles. The van der Waals surface area contributed by atoms with Crippen molar-refractivity contribution in [2.24, 2.45) is 0 Å². The van der Waals surface area contributed by atoms with E-state index < -0.39 is 0 Å². The van der Waals surface area contributed by atoms with Gasteiger partial charge in [-0.05, 0) is 29.7 Å². The molecule has 7 heteroatoms. The van der Waals surface area contributed by atoms with Crippen LogP contribution in [0.25, 0.3) is 0 Å². The normalized spacial score (nSPS) is 10.7. The summed E-state index contributed by atoms with van der Waals surface area (Å²) in [5.41, 5.74) is 2.36. The van der Waals surface area contributed by atoms with E-state index in [1.165, 1.54) is 16.9 Å². The van der Waals surface area contributed by atoms with Crippen molar-refractivity contribution < 1.29 is 9.21 Å². The Labute approximate surface area is 142 Å². The molecule has 0 aliphatic carbocycles. The summed E-state index contributed by atoms with van der Waals surface area (Å²) in [4.78, 5) is 12.5. The molecule has 0 bridgehead atoms. The number of hydrogen-bond donors (Lipinski definition) is 1. The van der Waals surface area contributed by atoms with Gasteiger partial charge in [-0.2, -0.15) is 0 Å². The molecular weight excluding hydrogens is 334 g/mol. The standard InChI is InChI=1S/C16H14ClN3O2S/c1-2-10-3-5-11(6-4-10)9-14-19-20-16(22-14)18-15(21)12-7-8-13(17)23-12/h3-8H,2,9H2,1H3,(H,18,20,21). The Kier molecular flexibility index (Phi) is 4.73. The Morgan fingerprint density at radius 2 is 1.91 bits per heavy atom. The highest BCUT2D eigenvalue weighted by molar-refractivity contribution is 7.18. The largest absolute Gasteiger partial charge is 0.407 e. The zero-order valence-electron chi connectivity index (χ0n) is 12.4. The number of rotatable bonds is 5. The van der Waals surface area contributed by atoms with Crippen molar-refractivity contribution in [2.45, 2.75) is 19.8 Å². The molecule has 0 unspecified atom stereocenters. The highest BCUT2D eigenvalue weighted by atomic mass is 35.5. The number of hydrogen-bond acceptors (Lipinski definition) is 5. The highest BCUT2D eigenvalue weighted by Crippen LogP contribution is 2.22. The van der Waals surface area contributed by atoms with E-state index in [2.05, 4.69) is 34.6 Å². The van der Waals surface area contributed by atoms with Crippen LogP contribution in [-0.2, 0) is 12.8 Å². The van der Waals surface area contributed by atoms with Gasteiger partial charge in [0.1, 0.15) is 0 Å². The van der Waals surface area contributed by atoms with E-state index in [1.807, 2.05) is 12.1 Å². The fourth-order valence-electron chi connectivity index (χ4n) is 2.04. The van der Waals surface area contributed by atoms with Crippen LogP contribution in [0.1, 0.15) is 33.6 Å². The minimum atomic E-state index is -0.315. The Hall–Kier alpha value is -2.18. The number of anilines is 1. The fourth-order valence-corrected chi connectivity index (χ4v) is 2.98. The van der Waals surface area contributed by atoms with E-state index in [1.54, 1.807) is 12.1 Å². The number of aromatic nitrogens is 2. The molecule has 5 nitrogen and oxygen atoms in total. The molecule has 3 aromatic rings. The number of nitrogens with zero attached hydrogens (tertiary/aromatic N) is 2. The summed E-state index contributed by atoms with van der Waals surface area (Å²) >= 11 is 7.00. The third kappa shape index (κ3) is 3.97. The molecule has 0 radical (unpaired) electrons. The third-order valence-corrected chi connectivity index (χ3v) is 4.50. The maximum absolute atomic E-state index is 12.0. The molecule has 0 saturated carbocycles. The fraction of sp³-hybridized carbons (Fsp3) is 0.188. The summed E-state index contributed by atoms with van der Waals surface area (Å²) in [6.45, 7) is 2.11. The molecule has 0 atom stereocenters. The van der Waals surface area contributed by atoms with Crippen LogP contribution in [0.3, 0.4) is 0 Å². The van der Waals surface area contributed by atoms with E-state index in [0.717, 1.165) is 12.0 Å². The van der Waals surface area contributed by atoms with Crippen LogP contribution >= 0.6 is 22.9 Å². The smallest absolute Gasteiger partial charge is 0.322 e. The molecule has 3 rings (SSSR count). The molecule has 1 N–H and O–H groups in total. The van der Waals surface area contributed by atoms with Crippen molar-refractivity contribution >= 4 is 34.9 Å². The molecular formula is C16H14ClN3O2S. The van der Waals surface area contributed by atoms with Gasteiger partial charge in [0.15, 0.2) is 0 Å². The van der Waals surface area contributed by atoms with Crippen molar-refractivity contribution in [2.75, 3.05) is 5.32 Å². The SMILES string of the molecule is CCc1ccc(Cc2nnc(NC(=O)c3ccc(Cl)s3)o2)cc1. The lowest BCUT2D eigenvalue weighted by Gasteiger charge is -1.99. The first-order chi connectivity index (χ1) is 11.1. The summed E-state index contributed by atoms with van der Waals surface area (Å²) in [6.07, 6.45) is 1.53. The van der Waals surface area contributed by atoms with Gasteiger partial charge in [-0.25, -0.2) is 0 Å². The van der Waals surface area contributed by atoms with Gasteiger partial charge in [-0.1, -0.05) is 47.9 Å². The molecule has 0 aliphatic heterocycles. The lowest BCUT2D eigenvalue weighted by atomic mass is 10.1. The van der Waals surface area contributed by atoms with E-state index in [9.17, 15) is 4.79 Å². The van der Waals surface area contributed by atoms with E-state index in [4.69, 9.17) is 16.0 Å². The quantitative estimate of drug-likeness (QED) is 0.751. The van der Waals surface area contributed by atoms with Crippen LogP contribution in [0, 0.1) is 0 Å². The predicted molar refractivity (Wildman–Crippen MR) is 90.2 cm³/mol. The van der Waals surface area contributed by atoms with Gasteiger partial charge in [0.05, 0.1) is 15.6 Å². The lowest BCUT2D eigenvalue weighted by molar-refractivity contribution is 0.102. The van der Waals surface area contributed by atoms with Gasteiger partial charge < -0.3 is 4.42 Å². The maximum atomic E-state index is 12.0. The molecule has 0 saturated heterocycles. The number of carbonyl (C=O) groups is 1. The average molecular weight is 348 g/mol. The van der Waals surface area contributed by atoms with Gasteiger partial charge in [0, 0.05) is 0 Å². The zero-order chi connectivity index (χ0) is 16.2. The van der Waals surface area contributed by atoms with Crippen LogP contribution in [0.2, 0.25) is 4.34 Å². The van der Waals surface area contributed by atoms with Gasteiger partial charge >= 0.3 is 6.01 Å². The predicted octanol–water partition coefficient (Wildman–Crippen LogP) is 4.19. The van der Waals surface area contributed by atoms with Crippen LogP contribution in [0.5, 0.6) is 0 Å². The first kappa shape index (κ1) is 15.7. The first-order valence-corrected chi connectivity index (χ1v) is 8.30. The number of halogens is 1. The number of thiophene rings is 1. The Morgan fingerprint density at radius 3 is 2.57 bits per heavy atom. The summed E-state index contributed by atoms with van der Waals surface area (Å²) in [6, 6.07) is 11.6. The topological polar surface area (TPSA) is 68.0 Å². The molecule has 2 aromatic heterocycles. The minimum Gasteiger partial charge on any atom is -0.407 e. The molecule has 0 aliphatic rings. The van der Waals surface area contributed by atoms with Crippen molar-refractivity contribution in [3.8, 4) is 0 Å². The molecule has 118 valence electrons. The van der Waals surface area contributed by atoms with Crippen LogP contribution < -0.4 is 5.32 Å². The second-order valence-electron chi connectivity index (χ2n) is 4.91. The average Bonchev–Trinajstić information content (AvgIpc) is 3.17. The summed E-state index contributed by atoms with van der Waals surface area (Å²) in [5.74, 6) is 0.137.